The Balaban J connectivity index is 1.58. The first-order chi connectivity index (χ1) is 15.6. The lowest BCUT2D eigenvalue weighted by Gasteiger charge is -2.52. The average Bonchev–Trinajstić information content (AvgIpc) is 3.13. The summed E-state index contributed by atoms with van der Waals surface area (Å²) in [6.45, 7) is 19.4. The molecule has 0 aromatic heterocycles. The largest absolute Gasteiger partial charge is 0.543 e. The van der Waals surface area contributed by atoms with Gasteiger partial charge in [-0.2, -0.15) is 0 Å². The Bertz CT molecular complexity index is 809. The molecule has 2 fully saturated rings. The van der Waals surface area contributed by atoms with Gasteiger partial charge in [-0.3, -0.25) is 0 Å². The minimum absolute atomic E-state index is 0.348. The highest BCUT2D eigenvalue weighted by Crippen LogP contribution is 2.64. The van der Waals surface area contributed by atoms with Crippen molar-refractivity contribution in [1.82, 2.24) is 0 Å². The summed E-state index contributed by atoms with van der Waals surface area (Å²) >= 11 is 0. The molecule has 1 aromatic carbocycles. The molecule has 0 radical (unpaired) electrons. The smallest absolute Gasteiger partial charge is 0.258 e. The minimum atomic E-state index is -1.92. The molecule has 2 nitrogen and oxygen atoms in total. The van der Waals surface area contributed by atoms with Gasteiger partial charge < -0.3 is 9.53 Å². The maximum absolute atomic E-state index is 9.86. The van der Waals surface area contributed by atoms with Crippen LogP contribution in [-0.2, 0) is 6.42 Å². The van der Waals surface area contributed by atoms with Gasteiger partial charge in [0.05, 0.1) is 0 Å². The zero-order valence-corrected chi connectivity index (χ0v) is 23.7. The van der Waals surface area contributed by atoms with E-state index in [1.807, 2.05) is 0 Å². The fourth-order valence-electron chi connectivity index (χ4n) is 9.28. The molecule has 4 rings (SSSR count). The van der Waals surface area contributed by atoms with Gasteiger partial charge in [-0.15, -0.1) is 0 Å². The van der Waals surface area contributed by atoms with Crippen LogP contribution in [0.2, 0.25) is 16.6 Å². The maximum Gasteiger partial charge on any atom is 0.258 e. The standard InChI is InChI=1S/C30H50O2Si/c1-19(2)33(20(3)4,21(5)6)32-24-10-12-25-23(17-24)9-11-27-26(25)15-16-30(8)28(22(7)18-31)13-14-29(27)30/h10,12,17,19-22,26-29,31H,9,11,13-16,18H2,1-8H3/t22?,26-,27-,28-,29+,30-/m1/s1. The van der Waals surface area contributed by atoms with Crippen LogP contribution in [0.1, 0.15) is 105 Å². The van der Waals surface area contributed by atoms with Crippen molar-refractivity contribution in [3.63, 3.8) is 0 Å². The summed E-state index contributed by atoms with van der Waals surface area (Å²) in [5.41, 5.74) is 5.43. The van der Waals surface area contributed by atoms with E-state index >= 15 is 0 Å². The van der Waals surface area contributed by atoms with Crippen LogP contribution in [0.5, 0.6) is 5.75 Å². The van der Waals surface area contributed by atoms with E-state index < -0.39 is 8.32 Å². The molecular formula is C30H50O2Si. The zero-order valence-electron chi connectivity index (χ0n) is 22.7. The Hall–Kier alpha value is -0.803. The molecule has 33 heavy (non-hydrogen) atoms. The normalized spacial score (nSPS) is 32.6. The molecule has 0 aliphatic heterocycles. The highest BCUT2D eigenvalue weighted by Gasteiger charge is 2.55. The molecule has 0 heterocycles. The second-order valence-corrected chi connectivity index (χ2v) is 18.5. The topological polar surface area (TPSA) is 29.5 Å². The van der Waals surface area contributed by atoms with Crippen molar-refractivity contribution in [1.29, 1.82) is 0 Å². The van der Waals surface area contributed by atoms with Crippen LogP contribution in [-0.4, -0.2) is 20.0 Å². The summed E-state index contributed by atoms with van der Waals surface area (Å²) in [7, 11) is -1.92. The molecule has 0 saturated heterocycles. The Kier molecular flexibility index (Phi) is 7.16. The van der Waals surface area contributed by atoms with Gasteiger partial charge in [0, 0.05) is 6.61 Å². The molecule has 0 amide bonds. The lowest BCUT2D eigenvalue weighted by atomic mass is 9.53. The highest BCUT2D eigenvalue weighted by atomic mass is 28.4. The van der Waals surface area contributed by atoms with E-state index in [1.165, 1.54) is 38.5 Å². The second-order valence-electron chi connectivity index (χ2n) is 13.1. The summed E-state index contributed by atoms with van der Waals surface area (Å²) in [4.78, 5) is 0. The SMILES string of the molecule is CC(CO)[C@H]1CC[C@H]2[C@@H]3CCc4cc(O[Si](C(C)C)(C(C)C)C(C)C)ccc4[C@H]3CC[C@]12C. The summed E-state index contributed by atoms with van der Waals surface area (Å²) < 4.78 is 7.04. The Labute approximate surface area is 205 Å². The Morgan fingerprint density at radius 1 is 0.970 bits per heavy atom. The van der Waals surface area contributed by atoms with Crippen molar-refractivity contribution in [2.24, 2.45) is 29.1 Å². The van der Waals surface area contributed by atoms with Crippen molar-refractivity contribution in [3.8, 4) is 5.75 Å². The van der Waals surface area contributed by atoms with Gasteiger partial charge in [0.15, 0.2) is 0 Å². The summed E-state index contributed by atoms with van der Waals surface area (Å²) in [6.07, 6.45) is 7.88. The third-order valence-corrected chi connectivity index (χ3v) is 16.8. The number of aliphatic hydroxyl groups excluding tert-OH is 1. The van der Waals surface area contributed by atoms with Crippen molar-refractivity contribution < 1.29 is 9.53 Å². The number of benzene rings is 1. The predicted octanol–water partition coefficient (Wildman–Crippen LogP) is 8.34. The molecule has 1 unspecified atom stereocenters. The van der Waals surface area contributed by atoms with Gasteiger partial charge >= 0.3 is 0 Å². The number of aliphatic hydroxyl groups is 1. The first-order valence-corrected chi connectivity index (χ1v) is 16.1. The number of hydrogen-bond donors (Lipinski definition) is 1. The Morgan fingerprint density at radius 2 is 1.64 bits per heavy atom. The lowest BCUT2D eigenvalue weighted by molar-refractivity contribution is 0.00157. The molecule has 3 aliphatic carbocycles. The predicted molar refractivity (Wildman–Crippen MR) is 142 cm³/mol. The number of rotatable bonds is 7. The molecular weight excluding hydrogens is 420 g/mol. The van der Waals surface area contributed by atoms with Gasteiger partial charge in [0.1, 0.15) is 5.75 Å². The van der Waals surface area contributed by atoms with E-state index in [0.29, 0.717) is 40.5 Å². The minimum Gasteiger partial charge on any atom is -0.543 e. The summed E-state index contributed by atoms with van der Waals surface area (Å²) in [6, 6.07) is 7.20. The molecule has 3 heteroatoms. The molecule has 0 spiro atoms. The van der Waals surface area contributed by atoms with Gasteiger partial charge in [0.25, 0.3) is 8.32 Å². The van der Waals surface area contributed by atoms with Gasteiger partial charge in [-0.25, -0.2) is 0 Å². The van der Waals surface area contributed by atoms with Gasteiger partial charge in [-0.1, -0.05) is 61.5 Å². The monoisotopic (exact) mass is 470 g/mol. The fourth-order valence-corrected chi connectivity index (χ4v) is 14.5. The van der Waals surface area contributed by atoms with Crippen LogP contribution in [0.4, 0.5) is 0 Å². The van der Waals surface area contributed by atoms with Gasteiger partial charge in [0.2, 0.25) is 0 Å². The Morgan fingerprint density at radius 3 is 2.24 bits per heavy atom. The first kappa shape index (κ1) is 25.3. The average molecular weight is 471 g/mol. The number of fused-ring (bicyclic) bond motifs is 5. The van der Waals surface area contributed by atoms with E-state index in [-0.39, 0.29) is 0 Å². The molecule has 3 aliphatic rings. The zero-order chi connectivity index (χ0) is 24.1. The molecule has 0 bridgehead atoms. The van der Waals surface area contributed by atoms with Crippen LogP contribution in [0, 0.1) is 29.1 Å². The van der Waals surface area contributed by atoms with Crippen LogP contribution < -0.4 is 4.43 Å². The van der Waals surface area contributed by atoms with E-state index in [9.17, 15) is 5.11 Å². The number of aryl methyl sites for hydroxylation is 1. The van der Waals surface area contributed by atoms with Crippen LogP contribution in [0.3, 0.4) is 0 Å². The van der Waals surface area contributed by atoms with E-state index in [0.717, 1.165) is 23.5 Å². The fraction of sp³-hybridized carbons (Fsp3) is 0.800. The molecule has 186 valence electrons. The van der Waals surface area contributed by atoms with Crippen molar-refractivity contribution in [2.45, 2.75) is 116 Å². The number of hydrogen-bond acceptors (Lipinski definition) is 2. The lowest BCUT2D eigenvalue weighted by Crippen LogP contribution is -2.50. The molecule has 1 aromatic rings. The highest BCUT2D eigenvalue weighted by molar-refractivity contribution is 6.78. The maximum atomic E-state index is 9.86. The second kappa shape index (κ2) is 9.34. The molecule has 2 saturated carbocycles. The first-order valence-electron chi connectivity index (χ1n) is 14.0. The van der Waals surface area contributed by atoms with E-state index in [2.05, 4.69) is 73.6 Å². The third kappa shape index (κ3) is 4.03. The van der Waals surface area contributed by atoms with E-state index in [4.69, 9.17) is 4.43 Å². The quantitative estimate of drug-likeness (QED) is 0.406. The molecule has 6 atom stereocenters. The van der Waals surface area contributed by atoms with Crippen LogP contribution in [0.25, 0.3) is 0 Å². The van der Waals surface area contributed by atoms with Gasteiger partial charge in [-0.05, 0) is 113 Å². The van der Waals surface area contributed by atoms with E-state index in [1.54, 1.807) is 11.1 Å². The van der Waals surface area contributed by atoms with Crippen molar-refractivity contribution in [3.05, 3.63) is 29.3 Å². The van der Waals surface area contributed by atoms with Crippen molar-refractivity contribution >= 4 is 8.32 Å². The summed E-state index contributed by atoms with van der Waals surface area (Å²) in [5.74, 6) is 4.67. The third-order valence-electron chi connectivity index (χ3n) is 10.7. The van der Waals surface area contributed by atoms with Crippen molar-refractivity contribution in [2.75, 3.05) is 6.61 Å². The van der Waals surface area contributed by atoms with Crippen LogP contribution in [0.15, 0.2) is 18.2 Å². The molecule has 1 N–H and O–H groups in total. The van der Waals surface area contributed by atoms with Crippen LogP contribution >= 0.6 is 0 Å². The summed E-state index contributed by atoms with van der Waals surface area (Å²) in [5, 5.41) is 9.86.